The van der Waals surface area contributed by atoms with Crippen molar-refractivity contribution >= 4 is 56.6 Å². The maximum absolute atomic E-state index is 11.1. The summed E-state index contributed by atoms with van der Waals surface area (Å²) in [6, 6.07) is 41.2. The summed E-state index contributed by atoms with van der Waals surface area (Å²) in [7, 11) is 0. The fraction of sp³-hybridized carbons (Fsp3) is 0.0667. The molecule has 6 aromatic carbocycles. The molecule has 10 heteroatoms. The van der Waals surface area contributed by atoms with Crippen LogP contribution < -0.4 is 16.8 Å². The Morgan fingerprint density at radius 3 is 2.00 bits per heavy atom. The van der Waals surface area contributed by atoms with E-state index in [0.717, 1.165) is 55.7 Å². The molecule has 55 heavy (non-hydrogen) atoms. The summed E-state index contributed by atoms with van der Waals surface area (Å²) in [5.74, 6) is -0.308. The van der Waals surface area contributed by atoms with Crippen molar-refractivity contribution in [1.82, 2.24) is 9.88 Å². The van der Waals surface area contributed by atoms with Gasteiger partial charge in [-0.15, -0.1) is 0 Å². The van der Waals surface area contributed by atoms with Gasteiger partial charge in [0.25, 0.3) is 0 Å². The predicted octanol–water partition coefficient (Wildman–Crippen LogP) is 8.35. The van der Waals surface area contributed by atoms with Crippen LogP contribution in [-0.2, 0) is 5.41 Å². The molecule has 2 atom stereocenters. The van der Waals surface area contributed by atoms with E-state index in [-0.39, 0.29) is 23.0 Å². The number of nitrogens with one attached hydrogen (secondary N) is 1. The van der Waals surface area contributed by atoms with Crippen LogP contribution in [0.3, 0.4) is 0 Å². The van der Waals surface area contributed by atoms with Crippen molar-refractivity contribution in [3.05, 3.63) is 161 Å². The van der Waals surface area contributed by atoms with Gasteiger partial charge in [-0.3, -0.25) is 0 Å². The number of amidine groups is 2. The van der Waals surface area contributed by atoms with E-state index >= 15 is 0 Å². The lowest BCUT2D eigenvalue weighted by Gasteiger charge is -2.26. The van der Waals surface area contributed by atoms with E-state index in [4.69, 9.17) is 21.5 Å². The highest BCUT2D eigenvalue weighted by Crippen LogP contribution is 2.78. The molecule has 0 bridgehead atoms. The largest absolute Gasteiger partial charge is 0.503 e. The van der Waals surface area contributed by atoms with Crippen molar-refractivity contribution in [3.63, 3.8) is 0 Å². The molecule has 2 spiro atoms. The van der Waals surface area contributed by atoms with Crippen LogP contribution in [-0.4, -0.2) is 37.2 Å². The summed E-state index contributed by atoms with van der Waals surface area (Å²) >= 11 is 1.80. The number of para-hydroxylation sites is 1. The zero-order valence-electron chi connectivity index (χ0n) is 29.1. The molecule has 0 radical (unpaired) electrons. The lowest BCUT2D eigenvalue weighted by molar-refractivity contribution is 0.369. The van der Waals surface area contributed by atoms with E-state index in [9.17, 15) is 15.3 Å². The average molecular weight is 737 g/mol. The number of nitrogens with zero attached hydrogens (tertiary/aromatic N) is 3. The number of thioether (sulfide) groups is 1. The third kappa shape index (κ3) is 4.09. The Morgan fingerprint density at radius 2 is 1.27 bits per heavy atom. The Hall–Kier alpha value is -6.91. The topological polar surface area (TPSA) is 154 Å². The number of aromatic nitrogens is 1. The normalized spacial score (nSPS) is 20.0. The standard InChI is InChI=1S/C45H32N6O3S/c46-36-37(47)39(52)41(54)40(53)38(36)51-31-15-8-7-14-28(31)29-22-26(18-20-32(29)51)27-19-21-33-30(23-27)44-34(16-9-17-35(44)55-33)45(44)49-42(24-10-3-1-4-11-24)48-43(50-45)25-12-5-2-6-13-25/h1-23,34,52-54H,46-47H2,(H,48,49,50). The Kier molecular flexibility index (Phi) is 6.36. The monoisotopic (exact) mass is 736 g/mol. The summed E-state index contributed by atoms with van der Waals surface area (Å²) in [6.07, 6.45) is 6.65. The molecule has 4 aliphatic rings. The van der Waals surface area contributed by atoms with Crippen LogP contribution >= 0.6 is 11.8 Å². The second kappa shape index (κ2) is 11.1. The predicted molar refractivity (Wildman–Crippen MR) is 220 cm³/mol. The second-order valence-electron chi connectivity index (χ2n) is 14.3. The molecule has 2 unspecified atom stereocenters. The fourth-order valence-corrected chi connectivity index (χ4v) is 10.4. The van der Waals surface area contributed by atoms with Gasteiger partial charge in [0.15, 0.2) is 17.2 Å². The minimum atomic E-state index is -0.777. The number of hydrogen-bond acceptors (Lipinski definition) is 9. The van der Waals surface area contributed by atoms with E-state index in [1.807, 2.05) is 66.7 Å². The number of anilines is 2. The highest BCUT2D eigenvalue weighted by atomic mass is 32.2. The molecule has 3 heterocycles. The van der Waals surface area contributed by atoms with Gasteiger partial charge in [0.05, 0.1) is 22.1 Å². The fourth-order valence-electron chi connectivity index (χ4n) is 8.98. The molecule has 2 aliphatic heterocycles. The van der Waals surface area contributed by atoms with Crippen molar-refractivity contribution < 1.29 is 15.3 Å². The van der Waals surface area contributed by atoms with Crippen LogP contribution in [0, 0.1) is 5.92 Å². The first kappa shape index (κ1) is 31.6. The first-order valence-electron chi connectivity index (χ1n) is 18.0. The molecule has 11 rings (SSSR count). The molecule has 2 aliphatic carbocycles. The van der Waals surface area contributed by atoms with Crippen LogP contribution in [0.2, 0.25) is 0 Å². The Bertz CT molecular complexity index is 2870. The molecule has 7 aromatic rings. The molecule has 8 N–H and O–H groups in total. The highest BCUT2D eigenvalue weighted by molar-refractivity contribution is 8.03. The summed E-state index contributed by atoms with van der Waals surface area (Å²) < 4.78 is 1.78. The van der Waals surface area contributed by atoms with Crippen molar-refractivity contribution in [2.45, 2.75) is 16.0 Å². The van der Waals surface area contributed by atoms with Gasteiger partial charge < -0.3 is 36.7 Å². The van der Waals surface area contributed by atoms with Crippen molar-refractivity contribution in [3.8, 4) is 34.1 Å². The lowest BCUT2D eigenvalue weighted by atomic mass is 9.87. The Labute approximate surface area is 319 Å². The third-order valence-corrected chi connectivity index (χ3v) is 12.8. The zero-order valence-corrected chi connectivity index (χ0v) is 29.9. The minimum Gasteiger partial charge on any atom is -0.503 e. The number of fused-ring (bicyclic) bond motifs is 5. The molecular formula is C45H32N6O3S. The van der Waals surface area contributed by atoms with Crippen LogP contribution in [0.5, 0.6) is 17.2 Å². The molecular weight excluding hydrogens is 705 g/mol. The number of nitrogens with two attached hydrogens (primary N) is 2. The van der Waals surface area contributed by atoms with Crippen LogP contribution in [0.25, 0.3) is 38.6 Å². The summed E-state index contributed by atoms with van der Waals surface area (Å²) in [6.45, 7) is 0. The van der Waals surface area contributed by atoms with E-state index in [2.05, 4.69) is 78.1 Å². The summed E-state index contributed by atoms with van der Waals surface area (Å²) in [4.78, 5) is 13.5. The SMILES string of the molecule is Nc1c(N)c(-n2c3ccccc3c3cc(-c4ccc5c(c4)C46C(=CC=CC4C64N=C(c6ccccc6)NC(c6ccccc6)=N4)S5)ccc32)c(O)c(O)c1O. The van der Waals surface area contributed by atoms with Crippen LogP contribution in [0.15, 0.2) is 159 Å². The molecule has 0 amide bonds. The number of hydrogen-bond donors (Lipinski definition) is 6. The quantitative estimate of drug-likeness (QED) is 0.0603. The number of phenols is 3. The first-order chi connectivity index (χ1) is 26.8. The number of allylic oxidation sites excluding steroid dienone is 2. The number of aliphatic imine (C=N–C) groups is 2. The maximum Gasteiger partial charge on any atom is 0.204 e. The second-order valence-corrected chi connectivity index (χ2v) is 15.4. The van der Waals surface area contributed by atoms with Gasteiger partial charge in [-0.1, -0.05) is 121 Å². The Balaban J connectivity index is 1.09. The minimum absolute atomic E-state index is 0.0243. The van der Waals surface area contributed by atoms with Crippen LogP contribution in [0.4, 0.5) is 11.4 Å². The summed E-state index contributed by atoms with van der Waals surface area (Å²) in [5, 5.41) is 37.4. The number of phenolic OH excluding ortho intramolecular Hbond substituents is 3. The smallest absolute Gasteiger partial charge is 0.204 e. The third-order valence-electron chi connectivity index (χ3n) is 11.6. The van der Waals surface area contributed by atoms with Crippen molar-refractivity contribution in [1.29, 1.82) is 0 Å². The molecule has 1 fully saturated rings. The Morgan fingerprint density at radius 1 is 0.636 bits per heavy atom. The lowest BCUT2D eigenvalue weighted by Crippen LogP contribution is -2.40. The first-order valence-corrected chi connectivity index (χ1v) is 18.8. The molecule has 1 aromatic heterocycles. The molecule has 9 nitrogen and oxygen atoms in total. The number of benzene rings is 6. The molecule has 266 valence electrons. The maximum atomic E-state index is 11.1. The highest BCUT2D eigenvalue weighted by Gasteiger charge is 2.82. The van der Waals surface area contributed by atoms with Gasteiger partial charge >= 0.3 is 0 Å². The van der Waals surface area contributed by atoms with Gasteiger partial charge in [-0.25, -0.2) is 9.98 Å². The van der Waals surface area contributed by atoms with Crippen LogP contribution in [0.1, 0.15) is 16.7 Å². The summed E-state index contributed by atoms with van der Waals surface area (Å²) in [5.41, 5.74) is 17.9. The van der Waals surface area contributed by atoms with Gasteiger partial charge in [0.1, 0.15) is 23.0 Å². The van der Waals surface area contributed by atoms with Gasteiger partial charge in [0.2, 0.25) is 5.75 Å². The number of rotatable bonds is 4. The van der Waals surface area contributed by atoms with E-state index in [1.165, 1.54) is 15.4 Å². The van der Waals surface area contributed by atoms with E-state index in [0.29, 0.717) is 0 Å². The van der Waals surface area contributed by atoms with Gasteiger partial charge in [0, 0.05) is 37.6 Å². The number of aromatic hydroxyl groups is 3. The van der Waals surface area contributed by atoms with E-state index in [1.54, 1.807) is 16.3 Å². The van der Waals surface area contributed by atoms with Gasteiger partial charge in [-0.05, 0) is 47.0 Å². The van der Waals surface area contributed by atoms with Gasteiger partial charge in [-0.2, -0.15) is 0 Å². The molecule has 1 saturated carbocycles. The van der Waals surface area contributed by atoms with Crippen molar-refractivity contribution in [2.24, 2.45) is 15.9 Å². The molecule has 0 saturated heterocycles. The number of nitrogen functional groups attached to an aromatic ring is 2. The zero-order chi connectivity index (χ0) is 37.2. The van der Waals surface area contributed by atoms with Crippen molar-refractivity contribution in [2.75, 3.05) is 11.5 Å². The average Bonchev–Trinajstić information content (AvgIpc) is 3.46. The van der Waals surface area contributed by atoms with E-state index < -0.39 is 28.3 Å².